The fraction of sp³-hybridized carbons (Fsp3) is 0.250. The number of ether oxygens (including phenoxy) is 2. The lowest BCUT2D eigenvalue weighted by atomic mass is 10.0. The second-order valence-corrected chi connectivity index (χ2v) is 10.8. The quantitative estimate of drug-likeness (QED) is 0.111. The number of aromatic nitrogens is 1. The minimum Gasteiger partial charge on any atom is -0.462 e. The van der Waals surface area contributed by atoms with E-state index < -0.39 is 17.7 Å². The molecule has 41 heavy (non-hydrogen) atoms. The van der Waals surface area contributed by atoms with Crippen molar-refractivity contribution in [2.75, 3.05) is 13.2 Å². The summed E-state index contributed by atoms with van der Waals surface area (Å²) in [5.41, 5.74) is 4.20. The summed E-state index contributed by atoms with van der Waals surface area (Å²) in [7, 11) is 0. The molecule has 0 atom stereocenters. The number of hydrogen-bond acceptors (Lipinski definition) is 7. The van der Waals surface area contributed by atoms with Crippen LogP contribution in [-0.2, 0) is 27.2 Å². The van der Waals surface area contributed by atoms with Crippen LogP contribution in [0.2, 0.25) is 5.02 Å². The van der Waals surface area contributed by atoms with Gasteiger partial charge in [0.2, 0.25) is 0 Å². The molecule has 7 nitrogen and oxygen atoms in total. The van der Waals surface area contributed by atoms with Crippen LogP contribution in [0.3, 0.4) is 0 Å². The number of para-hydroxylation sites is 1. The zero-order valence-electron chi connectivity index (χ0n) is 23.2. The molecule has 4 aromatic rings. The van der Waals surface area contributed by atoms with Crippen molar-refractivity contribution in [1.29, 1.82) is 5.26 Å². The number of carbonyl (C=O) groups is 3. The van der Waals surface area contributed by atoms with Gasteiger partial charge in [0.1, 0.15) is 10.9 Å². The Kier molecular flexibility index (Phi) is 9.43. The third-order valence-corrected chi connectivity index (χ3v) is 8.25. The van der Waals surface area contributed by atoms with E-state index in [-0.39, 0.29) is 35.6 Å². The number of nitriles is 1. The van der Waals surface area contributed by atoms with Crippen molar-refractivity contribution in [2.45, 2.75) is 40.7 Å². The van der Waals surface area contributed by atoms with E-state index in [0.717, 1.165) is 39.1 Å². The molecule has 2 heterocycles. The van der Waals surface area contributed by atoms with Crippen LogP contribution in [0.25, 0.3) is 17.0 Å². The van der Waals surface area contributed by atoms with Gasteiger partial charge in [-0.05, 0) is 63.1 Å². The highest BCUT2D eigenvalue weighted by Gasteiger charge is 2.28. The molecule has 2 aromatic heterocycles. The topological polar surface area (TPSA) is 98.4 Å². The molecule has 210 valence electrons. The van der Waals surface area contributed by atoms with Crippen LogP contribution in [0.1, 0.15) is 61.1 Å². The number of benzene rings is 2. The molecule has 0 radical (unpaired) electrons. The lowest BCUT2D eigenvalue weighted by Crippen LogP contribution is -2.12. The largest absolute Gasteiger partial charge is 0.462 e. The van der Waals surface area contributed by atoms with Crippen LogP contribution in [-0.4, -0.2) is 35.5 Å². The first-order valence-corrected chi connectivity index (χ1v) is 14.3. The summed E-state index contributed by atoms with van der Waals surface area (Å²) < 4.78 is 12.5. The minimum absolute atomic E-state index is 0.0546. The van der Waals surface area contributed by atoms with Crippen molar-refractivity contribution in [2.24, 2.45) is 0 Å². The Labute approximate surface area is 247 Å². The van der Waals surface area contributed by atoms with Crippen molar-refractivity contribution in [3.8, 4) is 6.07 Å². The van der Waals surface area contributed by atoms with Crippen molar-refractivity contribution in [1.82, 2.24) is 4.57 Å². The lowest BCUT2D eigenvalue weighted by Gasteiger charge is -2.09. The molecule has 0 saturated heterocycles. The van der Waals surface area contributed by atoms with E-state index >= 15 is 0 Å². The van der Waals surface area contributed by atoms with E-state index in [4.69, 9.17) is 21.1 Å². The molecule has 0 aliphatic rings. The van der Waals surface area contributed by atoms with Crippen molar-refractivity contribution in [3.63, 3.8) is 0 Å². The molecule has 2 aromatic carbocycles. The number of rotatable bonds is 10. The summed E-state index contributed by atoms with van der Waals surface area (Å²) in [5, 5.41) is 11.6. The van der Waals surface area contributed by atoms with Crippen LogP contribution in [0.5, 0.6) is 0 Å². The van der Waals surface area contributed by atoms with E-state index in [1.54, 1.807) is 26.8 Å². The number of nitrogens with zero attached hydrogens (tertiary/aromatic N) is 2. The third kappa shape index (κ3) is 6.27. The molecule has 0 saturated carbocycles. The number of halogens is 1. The van der Waals surface area contributed by atoms with Gasteiger partial charge < -0.3 is 14.0 Å². The fourth-order valence-electron chi connectivity index (χ4n) is 4.74. The average Bonchev–Trinajstić information content (AvgIpc) is 3.41. The highest BCUT2D eigenvalue weighted by Crippen LogP contribution is 2.32. The van der Waals surface area contributed by atoms with Crippen molar-refractivity contribution < 1.29 is 23.9 Å². The van der Waals surface area contributed by atoms with E-state index in [1.165, 1.54) is 0 Å². The van der Waals surface area contributed by atoms with Crippen LogP contribution < -0.4 is 0 Å². The number of ketones is 1. The molecule has 0 aliphatic heterocycles. The maximum Gasteiger partial charge on any atom is 0.348 e. The number of carbonyl (C=O) groups excluding carboxylic acids is 3. The van der Waals surface area contributed by atoms with Gasteiger partial charge in [-0.2, -0.15) is 5.26 Å². The van der Waals surface area contributed by atoms with Gasteiger partial charge in [0.25, 0.3) is 0 Å². The zero-order valence-corrected chi connectivity index (χ0v) is 24.8. The molecule has 4 rings (SSSR count). The number of thiophene rings is 1. The van der Waals surface area contributed by atoms with E-state index in [9.17, 15) is 19.6 Å². The fourth-order valence-corrected chi connectivity index (χ4v) is 6.05. The summed E-state index contributed by atoms with van der Waals surface area (Å²) in [5.74, 6) is -1.66. The molecule has 0 amide bonds. The maximum atomic E-state index is 13.5. The number of Topliss-reactive ketones (excluding diaryl/α,β-unsaturated/α-hetero) is 1. The summed E-state index contributed by atoms with van der Waals surface area (Å²) in [6, 6.07) is 17.5. The molecule has 0 bridgehead atoms. The average molecular weight is 589 g/mol. The van der Waals surface area contributed by atoms with Gasteiger partial charge in [-0.15, -0.1) is 11.3 Å². The highest BCUT2D eigenvalue weighted by molar-refractivity contribution is 7.14. The van der Waals surface area contributed by atoms with Gasteiger partial charge in [0.05, 0.1) is 24.4 Å². The third-order valence-electron chi connectivity index (χ3n) is 6.72. The van der Waals surface area contributed by atoms with E-state index in [2.05, 4.69) is 10.6 Å². The van der Waals surface area contributed by atoms with Gasteiger partial charge in [-0.3, -0.25) is 4.79 Å². The molecule has 0 aliphatic carbocycles. The first-order valence-electron chi connectivity index (χ1n) is 13.1. The standard InChI is InChI=1S/C32H29ClN2O5S/c1-5-39-31(37)29-19(3)30(32(38)40-6-2)41-28(29)16-27(36)22(17-34)15-25-20(4)35(26-10-8-7-9-24(25)26)18-21-11-13-23(33)14-12-21/h7-15H,5-6,16,18H2,1-4H3/b22-15+. The van der Waals surface area contributed by atoms with Gasteiger partial charge in [-0.1, -0.05) is 41.9 Å². The normalized spacial score (nSPS) is 11.4. The minimum atomic E-state index is -0.622. The summed E-state index contributed by atoms with van der Waals surface area (Å²) in [6.45, 7) is 7.85. The van der Waals surface area contributed by atoms with Crippen LogP contribution >= 0.6 is 22.9 Å². The Hall–Kier alpha value is -4.19. The molecular weight excluding hydrogens is 560 g/mol. The Balaban J connectivity index is 1.74. The Bertz CT molecular complexity index is 1710. The maximum absolute atomic E-state index is 13.5. The van der Waals surface area contributed by atoms with Crippen molar-refractivity contribution in [3.05, 3.63) is 96.8 Å². The second kappa shape index (κ2) is 13.0. The number of fused-ring (bicyclic) bond motifs is 1. The lowest BCUT2D eigenvalue weighted by molar-refractivity contribution is -0.114. The predicted octanol–water partition coefficient (Wildman–Crippen LogP) is 7.09. The first kappa shape index (κ1) is 29.8. The monoisotopic (exact) mass is 588 g/mol. The van der Waals surface area contributed by atoms with Gasteiger partial charge >= 0.3 is 11.9 Å². The molecule has 9 heteroatoms. The van der Waals surface area contributed by atoms with Gasteiger partial charge in [-0.25, -0.2) is 9.59 Å². The molecule has 0 unspecified atom stereocenters. The van der Waals surface area contributed by atoms with E-state index in [0.29, 0.717) is 22.0 Å². The molecule has 0 N–H and O–H groups in total. The summed E-state index contributed by atoms with van der Waals surface area (Å²) >= 11 is 7.08. The Morgan fingerprint density at radius 3 is 2.32 bits per heavy atom. The number of hydrogen-bond donors (Lipinski definition) is 0. The molecule has 0 fully saturated rings. The Morgan fingerprint density at radius 2 is 1.66 bits per heavy atom. The second-order valence-electron chi connectivity index (χ2n) is 9.29. The van der Waals surface area contributed by atoms with Crippen LogP contribution in [0, 0.1) is 25.2 Å². The molecule has 0 spiro atoms. The van der Waals surface area contributed by atoms with Crippen molar-refractivity contribution >= 4 is 57.6 Å². The van der Waals surface area contributed by atoms with Gasteiger partial charge in [0.15, 0.2) is 5.78 Å². The molecular formula is C32H29ClN2O5S. The first-order chi connectivity index (χ1) is 19.7. The van der Waals surface area contributed by atoms with Crippen LogP contribution in [0.4, 0.5) is 0 Å². The SMILES string of the molecule is CCOC(=O)c1sc(CC(=O)/C(C#N)=C/c2c(C)n(Cc3ccc(Cl)cc3)c3ccccc23)c(C(=O)OCC)c1C. The predicted molar refractivity (Wildman–Crippen MR) is 160 cm³/mol. The van der Waals surface area contributed by atoms with Crippen LogP contribution in [0.15, 0.2) is 54.1 Å². The number of allylic oxidation sites excluding steroid dienone is 1. The zero-order chi connectivity index (χ0) is 29.7. The summed E-state index contributed by atoms with van der Waals surface area (Å²) in [6.07, 6.45) is 1.37. The van der Waals surface area contributed by atoms with Gasteiger partial charge in [0, 0.05) is 45.0 Å². The highest BCUT2D eigenvalue weighted by atomic mass is 35.5. The number of esters is 2. The smallest absolute Gasteiger partial charge is 0.348 e. The summed E-state index contributed by atoms with van der Waals surface area (Å²) in [4.78, 5) is 39.4. The Morgan fingerprint density at radius 1 is 1.00 bits per heavy atom. The van der Waals surface area contributed by atoms with E-state index in [1.807, 2.05) is 55.5 Å².